The van der Waals surface area contributed by atoms with E-state index in [1.807, 2.05) is 60.7 Å². The Bertz CT molecular complexity index is 937. The fraction of sp³-hybridized carbons (Fsp3) is 0.0500. The number of carboxylic acids is 1. The van der Waals surface area contributed by atoms with Crippen molar-refractivity contribution < 1.29 is 9.90 Å². The molecular formula is C20H14N2O2. The second-order valence-corrected chi connectivity index (χ2v) is 5.61. The molecule has 0 spiro atoms. The molecule has 1 unspecified atom stereocenters. The Kier molecular flexibility index (Phi) is 3.43. The molecule has 0 saturated carbocycles. The van der Waals surface area contributed by atoms with Gasteiger partial charge in [0.05, 0.1) is 17.0 Å². The van der Waals surface area contributed by atoms with E-state index in [0.717, 1.165) is 22.4 Å². The Morgan fingerprint density at radius 2 is 1.79 bits per heavy atom. The largest absolute Gasteiger partial charge is 0.478 e. The number of dihydropyridines is 1. The third-order valence-electron chi connectivity index (χ3n) is 4.11. The van der Waals surface area contributed by atoms with Crippen molar-refractivity contribution in [2.45, 2.75) is 6.04 Å². The Morgan fingerprint density at radius 1 is 1.04 bits per heavy atom. The number of hydrogen-bond acceptors (Lipinski definition) is 3. The number of rotatable bonds is 3. The summed E-state index contributed by atoms with van der Waals surface area (Å²) in [6.07, 6.45) is 5.23. The van der Waals surface area contributed by atoms with Crippen LogP contribution in [0.25, 0.3) is 11.6 Å². The Hall–Kier alpha value is -3.27. The van der Waals surface area contributed by atoms with Crippen LogP contribution in [0.2, 0.25) is 0 Å². The molecule has 2 aliphatic heterocycles. The molecule has 4 heteroatoms. The van der Waals surface area contributed by atoms with Gasteiger partial charge in [0.2, 0.25) is 0 Å². The fourth-order valence-corrected chi connectivity index (χ4v) is 3.00. The number of allylic oxidation sites excluding steroid dienone is 1. The van der Waals surface area contributed by atoms with E-state index < -0.39 is 12.0 Å². The zero-order chi connectivity index (χ0) is 16.5. The summed E-state index contributed by atoms with van der Waals surface area (Å²) in [5.74, 6) is -0.985. The van der Waals surface area contributed by atoms with Gasteiger partial charge in [0.1, 0.15) is 6.04 Å². The molecule has 1 atom stereocenters. The van der Waals surface area contributed by atoms with Gasteiger partial charge in [-0.3, -0.25) is 4.99 Å². The van der Waals surface area contributed by atoms with E-state index in [-0.39, 0.29) is 5.57 Å². The van der Waals surface area contributed by atoms with Crippen LogP contribution in [0, 0.1) is 0 Å². The van der Waals surface area contributed by atoms with Gasteiger partial charge in [-0.2, -0.15) is 0 Å². The van der Waals surface area contributed by atoms with Crippen LogP contribution in [-0.4, -0.2) is 29.0 Å². The molecule has 0 amide bonds. The number of carbonyl (C=O) groups is 1. The maximum absolute atomic E-state index is 11.8. The van der Waals surface area contributed by atoms with Crippen LogP contribution in [0.4, 0.5) is 5.69 Å². The van der Waals surface area contributed by atoms with E-state index in [2.05, 4.69) is 9.98 Å². The van der Waals surface area contributed by atoms with E-state index in [1.165, 1.54) is 0 Å². The summed E-state index contributed by atoms with van der Waals surface area (Å²) < 4.78 is 0. The zero-order valence-corrected chi connectivity index (χ0v) is 12.8. The average Bonchev–Trinajstić information content (AvgIpc) is 2.99. The molecule has 0 fully saturated rings. The quantitative estimate of drug-likeness (QED) is 0.876. The second-order valence-electron chi connectivity index (χ2n) is 5.61. The zero-order valence-electron chi connectivity index (χ0n) is 12.8. The van der Waals surface area contributed by atoms with Crippen molar-refractivity contribution in [2.75, 3.05) is 0 Å². The van der Waals surface area contributed by atoms with Gasteiger partial charge in [-0.05, 0) is 23.8 Å². The van der Waals surface area contributed by atoms with E-state index in [4.69, 9.17) is 0 Å². The van der Waals surface area contributed by atoms with Crippen molar-refractivity contribution in [3.63, 3.8) is 0 Å². The van der Waals surface area contributed by atoms with Gasteiger partial charge < -0.3 is 5.11 Å². The highest BCUT2D eigenvalue weighted by molar-refractivity contribution is 6.36. The van der Waals surface area contributed by atoms with Crippen LogP contribution >= 0.6 is 0 Å². The molecule has 0 aromatic heterocycles. The molecule has 116 valence electrons. The molecule has 4 nitrogen and oxygen atoms in total. The first-order valence-corrected chi connectivity index (χ1v) is 7.66. The number of nitrogens with zero attached hydrogens (tertiary/aromatic N) is 2. The lowest BCUT2D eigenvalue weighted by molar-refractivity contribution is -0.132. The van der Waals surface area contributed by atoms with Crippen LogP contribution < -0.4 is 0 Å². The molecule has 1 N–H and O–H groups in total. The number of carboxylic acid groups (broad SMARTS) is 1. The van der Waals surface area contributed by atoms with Crippen LogP contribution in [0.3, 0.4) is 0 Å². The van der Waals surface area contributed by atoms with Crippen molar-refractivity contribution in [3.8, 4) is 0 Å². The first-order valence-electron chi connectivity index (χ1n) is 7.66. The lowest BCUT2D eigenvalue weighted by atomic mass is 9.91. The van der Waals surface area contributed by atoms with E-state index >= 15 is 0 Å². The molecule has 2 heterocycles. The number of para-hydroxylation sites is 1. The van der Waals surface area contributed by atoms with Gasteiger partial charge in [-0.1, -0.05) is 48.5 Å². The van der Waals surface area contributed by atoms with Gasteiger partial charge >= 0.3 is 5.97 Å². The van der Waals surface area contributed by atoms with Gasteiger partial charge in [-0.25, -0.2) is 9.79 Å². The van der Waals surface area contributed by atoms with Gasteiger partial charge in [0.25, 0.3) is 0 Å². The summed E-state index contributed by atoms with van der Waals surface area (Å²) in [7, 11) is 0. The fourth-order valence-electron chi connectivity index (χ4n) is 3.00. The monoisotopic (exact) mass is 314 g/mol. The van der Waals surface area contributed by atoms with Crippen molar-refractivity contribution in [2.24, 2.45) is 9.98 Å². The number of benzene rings is 2. The predicted molar refractivity (Wildman–Crippen MR) is 95.8 cm³/mol. The van der Waals surface area contributed by atoms with Crippen molar-refractivity contribution >= 4 is 35.2 Å². The Labute approximate surface area is 139 Å². The predicted octanol–water partition coefficient (Wildman–Crippen LogP) is 3.78. The minimum atomic E-state index is -0.985. The first-order chi connectivity index (χ1) is 11.7. The highest BCUT2D eigenvalue weighted by Crippen LogP contribution is 2.38. The summed E-state index contributed by atoms with van der Waals surface area (Å²) in [5, 5.41) is 9.71. The highest BCUT2D eigenvalue weighted by atomic mass is 16.4. The maximum atomic E-state index is 11.8. The topological polar surface area (TPSA) is 62.0 Å². The minimum Gasteiger partial charge on any atom is -0.478 e. The molecule has 0 aliphatic carbocycles. The van der Waals surface area contributed by atoms with Crippen LogP contribution in [0.5, 0.6) is 0 Å². The first kappa shape index (κ1) is 14.3. The van der Waals surface area contributed by atoms with Gasteiger partial charge in [0.15, 0.2) is 0 Å². The molecule has 2 aromatic carbocycles. The smallest absolute Gasteiger partial charge is 0.334 e. The number of aliphatic carboxylic acids is 1. The van der Waals surface area contributed by atoms with Crippen molar-refractivity contribution in [1.82, 2.24) is 0 Å². The molecular weight excluding hydrogens is 300 g/mol. The van der Waals surface area contributed by atoms with Crippen LogP contribution in [0.15, 0.2) is 76.2 Å². The van der Waals surface area contributed by atoms with E-state index in [0.29, 0.717) is 5.71 Å². The third kappa shape index (κ3) is 2.38. The molecule has 2 aromatic rings. The van der Waals surface area contributed by atoms with E-state index in [1.54, 1.807) is 12.3 Å². The lowest BCUT2D eigenvalue weighted by Gasteiger charge is -2.18. The summed E-state index contributed by atoms with van der Waals surface area (Å²) in [6.45, 7) is 0. The summed E-state index contributed by atoms with van der Waals surface area (Å²) >= 11 is 0. The molecule has 2 aliphatic rings. The summed E-state index contributed by atoms with van der Waals surface area (Å²) in [6, 6.07) is 16.6. The van der Waals surface area contributed by atoms with Gasteiger partial charge in [0, 0.05) is 17.4 Å². The SMILES string of the molecule is O=C(O)C(=Cc1ccccc1)C1N=CC=C2C1=Nc1ccccc12. The maximum Gasteiger partial charge on any atom is 0.334 e. The number of fused-ring (bicyclic) bond motifs is 3. The Balaban J connectivity index is 1.79. The van der Waals surface area contributed by atoms with Crippen molar-refractivity contribution in [1.29, 1.82) is 0 Å². The van der Waals surface area contributed by atoms with Crippen molar-refractivity contribution in [3.05, 3.63) is 77.4 Å². The molecule has 0 bridgehead atoms. The third-order valence-corrected chi connectivity index (χ3v) is 4.11. The standard InChI is InChI=1S/C20H14N2O2/c23-20(24)16(12-13-6-2-1-3-7-13)18-19-15(10-11-21-18)14-8-4-5-9-17(14)22-19/h1-12,18H,(H,23,24). The van der Waals surface area contributed by atoms with Crippen LogP contribution in [-0.2, 0) is 4.79 Å². The highest BCUT2D eigenvalue weighted by Gasteiger charge is 2.33. The number of aliphatic imine (C=N–C) groups is 2. The average molecular weight is 314 g/mol. The van der Waals surface area contributed by atoms with Gasteiger partial charge in [-0.15, -0.1) is 0 Å². The molecule has 4 rings (SSSR count). The molecule has 24 heavy (non-hydrogen) atoms. The normalized spacial score (nSPS) is 18.5. The summed E-state index contributed by atoms with van der Waals surface area (Å²) in [5.41, 5.74) is 4.58. The molecule has 0 radical (unpaired) electrons. The Morgan fingerprint density at radius 3 is 2.58 bits per heavy atom. The van der Waals surface area contributed by atoms with Crippen LogP contribution in [0.1, 0.15) is 11.1 Å². The minimum absolute atomic E-state index is 0.217. The summed E-state index contributed by atoms with van der Waals surface area (Å²) in [4.78, 5) is 20.9. The molecule has 0 saturated heterocycles. The number of hydrogen-bond donors (Lipinski definition) is 1. The second kappa shape index (κ2) is 5.74. The van der Waals surface area contributed by atoms with E-state index in [9.17, 15) is 9.90 Å². The lowest BCUT2D eigenvalue weighted by Crippen LogP contribution is -2.27.